The average molecular weight is 255 g/mol. The third kappa shape index (κ3) is 6.56. The lowest BCUT2D eigenvalue weighted by Gasteiger charge is -2.04. The quantitative estimate of drug-likeness (QED) is 0.543. The Bertz CT molecular complexity index is 336. The number of thioether (sulfide) groups is 1. The number of hydrogen-bond donors (Lipinski definition) is 1. The second-order valence-corrected chi connectivity index (χ2v) is 4.85. The van der Waals surface area contributed by atoms with Crippen molar-refractivity contribution < 1.29 is 9.15 Å². The standard InChI is InChI=1S/C13H21NO2S/c1-11(2)9-15-7-6-14-8-12-4-5-13(16-12)10-17-3/h4-5,14H,1,6-10H2,2-3H3. The van der Waals surface area contributed by atoms with E-state index in [0.29, 0.717) is 13.2 Å². The number of furan rings is 1. The van der Waals surface area contributed by atoms with Crippen LogP contribution in [0.5, 0.6) is 0 Å². The van der Waals surface area contributed by atoms with Crippen molar-refractivity contribution in [3.63, 3.8) is 0 Å². The molecule has 0 aliphatic heterocycles. The van der Waals surface area contributed by atoms with Crippen molar-refractivity contribution in [3.8, 4) is 0 Å². The first-order valence-corrected chi connectivity index (χ1v) is 7.11. The summed E-state index contributed by atoms with van der Waals surface area (Å²) in [7, 11) is 0. The van der Waals surface area contributed by atoms with E-state index in [4.69, 9.17) is 9.15 Å². The Balaban J connectivity index is 2.07. The van der Waals surface area contributed by atoms with Crippen LogP contribution in [0.25, 0.3) is 0 Å². The van der Waals surface area contributed by atoms with Gasteiger partial charge in [0.25, 0.3) is 0 Å². The molecular formula is C13H21NO2S. The minimum Gasteiger partial charge on any atom is -0.464 e. The first-order chi connectivity index (χ1) is 8.22. The molecule has 1 aromatic heterocycles. The number of hydrogen-bond acceptors (Lipinski definition) is 4. The Labute approximate surface area is 108 Å². The lowest BCUT2D eigenvalue weighted by molar-refractivity contribution is 0.157. The monoisotopic (exact) mass is 255 g/mol. The Morgan fingerprint density at radius 2 is 2.24 bits per heavy atom. The fourth-order valence-corrected chi connectivity index (χ4v) is 1.78. The molecule has 0 aliphatic rings. The molecule has 17 heavy (non-hydrogen) atoms. The van der Waals surface area contributed by atoms with Crippen LogP contribution in [-0.4, -0.2) is 26.0 Å². The Morgan fingerprint density at radius 1 is 1.47 bits per heavy atom. The zero-order valence-corrected chi connectivity index (χ0v) is 11.4. The zero-order valence-electron chi connectivity index (χ0n) is 10.6. The molecule has 0 saturated heterocycles. The Morgan fingerprint density at radius 3 is 2.94 bits per heavy atom. The number of rotatable bonds is 9. The van der Waals surface area contributed by atoms with Crippen LogP contribution < -0.4 is 5.32 Å². The molecule has 3 nitrogen and oxygen atoms in total. The van der Waals surface area contributed by atoms with E-state index in [1.54, 1.807) is 11.8 Å². The molecule has 1 N–H and O–H groups in total. The van der Waals surface area contributed by atoms with Crippen molar-refractivity contribution in [2.24, 2.45) is 0 Å². The molecule has 0 radical (unpaired) electrons. The first-order valence-electron chi connectivity index (χ1n) is 5.71. The maximum Gasteiger partial charge on any atom is 0.118 e. The predicted molar refractivity (Wildman–Crippen MR) is 73.3 cm³/mol. The smallest absolute Gasteiger partial charge is 0.118 e. The second kappa shape index (κ2) is 8.39. The van der Waals surface area contributed by atoms with Crippen molar-refractivity contribution >= 4 is 11.8 Å². The number of nitrogens with one attached hydrogen (secondary N) is 1. The van der Waals surface area contributed by atoms with Gasteiger partial charge in [-0.25, -0.2) is 0 Å². The summed E-state index contributed by atoms with van der Waals surface area (Å²) in [4.78, 5) is 0. The summed E-state index contributed by atoms with van der Waals surface area (Å²) in [5.41, 5.74) is 1.05. The van der Waals surface area contributed by atoms with E-state index >= 15 is 0 Å². The van der Waals surface area contributed by atoms with Crippen LogP contribution >= 0.6 is 11.8 Å². The van der Waals surface area contributed by atoms with Gasteiger partial charge in [-0.1, -0.05) is 12.2 Å². The highest BCUT2D eigenvalue weighted by Crippen LogP contribution is 2.12. The molecule has 4 heteroatoms. The van der Waals surface area contributed by atoms with Crippen molar-refractivity contribution in [2.75, 3.05) is 26.0 Å². The van der Waals surface area contributed by atoms with E-state index in [1.807, 2.05) is 19.1 Å². The highest BCUT2D eigenvalue weighted by molar-refractivity contribution is 7.97. The summed E-state index contributed by atoms with van der Waals surface area (Å²) < 4.78 is 11.0. The first kappa shape index (κ1) is 14.4. The highest BCUT2D eigenvalue weighted by atomic mass is 32.2. The van der Waals surface area contributed by atoms with Crippen molar-refractivity contribution in [3.05, 3.63) is 35.8 Å². The van der Waals surface area contributed by atoms with Crippen LogP contribution in [-0.2, 0) is 17.0 Å². The van der Waals surface area contributed by atoms with E-state index in [9.17, 15) is 0 Å². The van der Waals surface area contributed by atoms with Gasteiger partial charge in [0.2, 0.25) is 0 Å². The van der Waals surface area contributed by atoms with Crippen LogP contribution in [0.1, 0.15) is 18.4 Å². The van der Waals surface area contributed by atoms with Gasteiger partial charge in [0, 0.05) is 6.54 Å². The van der Waals surface area contributed by atoms with Gasteiger partial charge < -0.3 is 14.5 Å². The normalized spacial score (nSPS) is 10.7. The van der Waals surface area contributed by atoms with E-state index < -0.39 is 0 Å². The molecule has 1 rings (SSSR count). The molecule has 0 bridgehead atoms. The van der Waals surface area contributed by atoms with Gasteiger partial charge in [0.05, 0.1) is 25.5 Å². The summed E-state index contributed by atoms with van der Waals surface area (Å²) in [5, 5.41) is 3.28. The highest BCUT2D eigenvalue weighted by Gasteiger charge is 2.00. The van der Waals surface area contributed by atoms with Gasteiger partial charge in [-0.3, -0.25) is 0 Å². The van der Waals surface area contributed by atoms with Crippen LogP contribution in [0.2, 0.25) is 0 Å². The van der Waals surface area contributed by atoms with Gasteiger partial charge >= 0.3 is 0 Å². The topological polar surface area (TPSA) is 34.4 Å². The Hall–Kier alpha value is -0.710. The minimum atomic E-state index is 0.639. The summed E-state index contributed by atoms with van der Waals surface area (Å²) >= 11 is 1.76. The summed E-state index contributed by atoms with van der Waals surface area (Å²) in [5.74, 6) is 2.95. The number of ether oxygens (including phenoxy) is 1. The van der Waals surface area contributed by atoms with Crippen LogP contribution in [0.3, 0.4) is 0 Å². The second-order valence-electron chi connectivity index (χ2n) is 3.99. The fraction of sp³-hybridized carbons (Fsp3) is 0.538. The lowest BCUT2D eigenvalue weighted by atomic mass is 10.4. The van der Waals surface area contributed by atoms with Crippen LogP contribution in [0, 0.1) is 0 Å². The largest absolute Gasteiger partial charge is 0.464 e. The van der Waals surface area contributed by atoms with Crippen molar-refractivity contribution in [1.29, 1.82) is 0 Å². The molecule has 0 unspecified atom stereocenters. The maximum atomic E-state index is 5.63. The van der Waals surface area contributed by atoms with Crippen LogP contribution in [0.15, 0.2) is 28.7 Å². The van der Waals surface area contributed by atoms with Crippen LogP contribution in [0.4, 0.5) is 0 Å². The van der Waals surface area contributed by atoms with Crippen molar-refractivity contribution in [2.45, 2.75) is 19.2 Å². The van der Waals surface area contributed by atoms with E-state index in [0.717, 1.165) is 35.9 Å². The molecule has 0 spiro atoms. The Kier molecular flexibility index (Phi) is 7.08. The SMILES string of the molecule is C=C(C)COCCNCc1ccc(CSC)o1. The third-order valence-electron chi connectivity index (χ3n) is 2.07. The third-order valence-corrected chi connectivity index (χ3v) is 2.65. The maximum absolute atomic E-state index is 5.63. The molecule has 0 aromatic carbocycles. The molecular weight excluding hydrogens is 234 g/mol. The molecule has 0 fully saturated rings. The summed E-state index contributed by atoms with van der Waals surface area (Å²) in [6.07, 6.45) is 2.07. The fourth-order valence-electron chi connectivity index (χ4n) is 1.34. The molecule has 1 heterocycles. The average Bonchev–Trinajstić information content (AvgIpc) is 2.71. The van der Waals surface area contributed by atoms with E-state index in [2.05, 4.69) is 18.2 Å². The van der Waals surface area contributed by atoms with Gasteiger partial charge in [-0.15, -0.1) is 0 Å². The summed E-state index contributed by atoms with van der Waals surface area (Å²) in [6.45, 7) is 8.66. The molecule has 0 saturated carbocycles. The van der Waals surface area contributed by atoms with Gasteiger partial charge in [0.1, 0.15) is 11.5 Å². The van der Waals surface area contributed by atoms with E-state index in [-0.39, 0.29) is 0 Å². The molecule has 0 atom stereocenters. The molecule has 0 amide bonds. The van der Waals surface area contributed by atoms with Gasteiger partial charge in [-0.2, -0.15) is 11.8 Å². The molecule has 96 valence electrons. The molecule has 1 aromatic rings. The van der Waals surface area contributed by atoms with Crippen molar-refractivity contribution in [1.82, 2.24) is 5.32 Å². The van der Waals surface area contributed by atoms with Gasteiger partial charge in [-0.05, 0) is 25.3 Å². The minimum absolute atomic E-state index is 0.639. The summed E-state index contributed by atoms with van der Waals surface area (Å²) in [6, 6.07) is 4.05. The zero-order chi connectivity index (χ0) is 12.5. The van der Waals surface area contributed by atoms with E-state index in [1.165, 1.54) is 0 Å². The molecule has 0 aliphatic carbocycles. The lowest BCUT2D eigenvalue weighted by Crippen LogP contribution is -2.19. The van der Waals surface area contributed by atoms with Gasteiger partial charge in [0.15, 0.2) is 0 Å². The predicted octanol–water partition coefficient (Wildman–Crippen LogP) is 2.82.